The molecular formula is C9H12N2O. The Kier molecular flexibility index (Phi) is 1.73. The van der Waals surface area contributed by atoms with Crippen LogP contribution in [0.4, 0.5) is 0 Å². The van der Waals surface area contributed by atoms with E-state index in [1.165, 1.54) is 11.1 Å². The van der Waals surface area contributed by atoms with Gasteiger partial charge in [-0.2, -0.15) is 0 Å². The first-order chi connectivity index (χ1) is 5.79. The first-order valence-electron chi connectivity index (χ1n) is 4.17. The maximum absolute atomic E-state index is 11.0. The van der Waals surface area contributed by atoms with Crippen molar-refractivity contribution < 1.29 is 4.79 Å². The normalized spacial score (nSPS) is 27.5. The van der Waals surface area contributed by atoms with Gasteiger partial charge in [-0.3, -0.25) is 4.79 Å². The zero-order valence-electron chi connectivity index (χ0n) is 6.84. The Morgan fingerprint density at radius 3 is 3.25 bits per heavy atom. The van der Waals surface area contributed by atoms with Crippen LogP contribution in [-0.4, -0.2) is 19.0 Å². The number of carbonyl (C=O) groups is 1. The fraction of sp³-hybridized carbons (Fsp3) is 0.444. The predicted molar refractivity (Wildman–Crippen MR) is 46.3 cm³/mol. The van der Waals surface area contributed by atoms with E-state index in [9.17, 15) is 4.79 Å². The summed E-state index contributed by atoms with van der Waals surface area (Å²) in [5.41, 5.74) is 7.76. The summed E-state index contributed by atoms with van der Waals surface area (Å²) in [5.74, 6) is -0.290. The molecule has 2 rings (SSSR count). The molecule has 0 radical (unpaired) electrons. The Morgan fingerprint density at radius 1 is 1.67 bits per heavy atom. The summed E-state index contributed by atoms with van der Waals surface area (Å²) in [6.07, 6.45) is 5.08. The quantitative estimate of drug-likeness (QED) is 0.570. The van der Waals surface area contributed by atoms with Gasteiger partial charge >= 0.3 is 0 Å². The zero-order valence-corrected chi connectivity index (χ0v) is 6.84. The van der Waals surface area contributed by atoms with Gasteiger partial charge in [-0.1, -0.05) is 12.2 Å². The lowest BCUT2D eigenvalue weighted by molar-refractivity contribution is -0.120. The van der Waals surface area contributed by atoms with Crippen molar-refractivity contribution in [3.8, 4) is 0 Å². The molecule has 3 heteroatoms. The third-order valence-corrected chi connectivity index (χ3v) is 2.50. The van der Waals surface area contributed by atoms with Crippen LogP contribution in [-0.2, 0) is 4.79 Å². The minimum atomic E-state index is -0.210. The van der Waals surface area contributed by atoms with Gasteiger partial charge in [0.2, 0.25) is 5.91 Å². The van der Waals surface area contributed by atoms with Crippen LogP contribution in [0.3, 0.4) is 0 Å². The highest BCUT2D eigenvalue weighted by atomic mass is 16.1. The zero-order chi connectivity index (χ0) is 8.55. The van der Waals surface area contributed by atoms with Crippen LogP contribution < -0.4 is 11.1 Å². The molecule has 1 heterocycles. The molecular weight excluding hydrogens is 152 g/mol. The number of hydrogen-bond donors (Lipinski definition) is 2. The van der Waals surface area contributed by atoms with Gasteiger partial charge in [-0.15, -0.1) is 0 Å². The highest BCUT2D eigenvalue weighted by molar-refractivity contribution is 5.81. The van der Waals surface area contributed by atoms with E-state index in [1.807, 2.05) is 0 Å². The van der Waals surface area contributed by atoms with E-state index in [1.54, 1.807) is 0 Å². The second-order valence-corrected chi connectivity index (χ2v) is 3.24. The van der Waals surface area contributed by atoms with Crippen molar-refractivity contribution in [1.82, 2.24) is 5.32 Å². The molecule has 0 spiro atoms. The van der Waals surface area contributed by atoms with E-state index in [2.05, 4.69) is 17.5 Å². The van der Waals surface area contributed by atoms with E-state index >= 15 is 0 Å². The molecule has 0 saturated carbocycles. The van der Waals surface area contributed by atoms with Crippen LogP contribution in [0.5, 0.6) is 0 Å². The molecule has 1 amide bonds. The topological polar surface area (TPSA) is 55.1 Å². The highest BCUT2D eigenvalue weighted by Gasteiger charge is 2.26. The van der Waals surface area contributed by atoms with Crippen LogP contribution in [0.25, 0.3) is 0 Å². The van der Waals surface area contributed by atoms with E-state index in [-0.39, 0.29) is 11.8 Å². The Hall–Kier alpha value is -1.09. The summed E-state index contributed by atoms with van der Waals surface area (Å²) in [4.78, 5) is 11.0. The fourth-order valence-corrected chi connectivity index (χ4v) is 1.85. The van der Waals surface area contributed by atoms with Gasteiger partial charge in [0.1, 0.15) is 0 Å². The lowest BCUT2D eigenvalue weighted by atomic mass is 9.91. The molecule has 1 aliphatic carbocycles. The van der Waals surface area contributed by atoms with Crippen molar-refractivity contribution in [1.29, 1.82) is 0 Å². The number of hydrogen-bond acceptors (Lipinski definition) is 2. The summed E-state index contributed by atoms with van der Waals surface area (Å²) >= 11 is 0. The minimum absolute atomic E-state index is 0.0799. The molecule has 0 aromatic rings. The molecule has 2 aliphatic rings. The lowest BCUT2D eigenvalue weighted by Crippen LogP contribution is -2.38. The van der Waals surface area contributed by atoms with Gasteiger partial charge < -0.3 is 11.1 Å². The van der Waals surface area contributed by atoms with Crippen LogP contribution in [0.1, 0.15) is 6.42 Å². The summed E-state index contributed by atoms with van der Waals surface area (Å²) in [5, 5.41) is 3.18. The molecule has 1 unspecified atom stereocenters. The predicted octanol–water partition coefficient (Wildman–Crippen LogP) is -0.0524. The maximum Gasteiger partial charge on any atom is 0.225 e. The number of allylic oxidation sites excluding steroid dienone is 1. The van der Waals surface area contributed by atoms with E-state index in [4.69, 9.17) is 5.73 Å². The van der Waals surface area contributed by atoms with Crippen LogP contribution in [0.15, 0.2) is 23.3 Å². The second kappa shape index (κ2) is 2.75. The number of amides is 1. The third kappa shape index (κ3) is 1.06. The van der Waals surface area contributed by atoms with Gasteiger partial charge in [-0.05, 0) is 17.6 Å². The Balaban J connectivity index is 2.27. The minimum Gasteiger partial charge on any atom is -0.369 e. The van der Waals surface area contributed by atoms with Crippen molar-refractivity contribution in [3.63, 3.8) is 0 Å². The summed E-state index contributed by atoms with van der Waals surface area (Å²) in [6, 6.07) is 0. The number of nitrogens with two attached hydrogens (primary N) is 1. The van der Waals surface area contributed by atoms with Crippen LogP contribution in [0.2, 0.25) is 0 Å². The average Bonchev–Trinajstić information content (AvgIpc) is 2.49. The second-order valence-electron chi connectivity index (χ2n) is 3.24. The van der Waals surface area contributed by atoms with Gasteiger partial charge in [0.15, 0.2) is 0 Å². The highest BCUT2D eigenvalue weighted by Crippen LogP contribution is 2.27. The van der Waals surface area contributed by atoms with Gasteiger partial charge in [0.25, 0.3) is 0 Å². The lowest BCUT2D eigenvalue weighted by Gasteiger charge is -2.23. The van der Waals surface area contributed by atoms with Crippen molar-refractivity contribution >= 4 is 5.91 Å². The molecule has 64 valence electrons. The molecule has 0 fully saturated rings. The van der Waals surface area contributed by atoms with Crippen molar-refractivity contribution in [2.45, 2.75) is 6.42 Å². The van der Waals surface area contributed by atoms with Crippen LogP contribution in [0, 0.1) is 5.92 Å². The number of nitrogens with one attached hydrogen (secondary N) is 1. The third-order valence-electron chi connectivity index (χ3n) is 2.50. The SMILES string of the molecule is NC(=O)C1CNCC2=C1CC=C2. The van der Waals surface area contributed by atoms with Crippen molar-refractivity contribution in [3.05, 3.63) is 23.3 Å². The van der Waals surface area contributed by atoms with Crippen molar-refractivity contribution in [2.75, 3.05) is 13.1 Å². The first-order valence-corrected chi connectivity index (χ1v) is 4.17. The molecule has 0 aromatic heterocycles. The van der Waals surface area contributed by atoms with Crippen LogP contribution >= 0.6 is 0 Å². The first kappa shape index (κ1) is 7.55. The molecule has 1 atom stereocenters. The monoisotopic (exact) mass is 164 g/mol. The van der Waals surface area contributed by atoms with Gasteiger partial charge in [-0.25, -0.2) is 0 Å². The van der Waals surface area contributed by atoms with Gasteiger partial charge in [0.05, 0.1) is 5.92 Å². The number of primary amides is 1. The molecule has 12 heavy (non-hydrogen) atoms. The largest absolute Gasteiger partial charge is 0.369 e. The number of rotatable bonds is 1. The fourth-order valence-electron chi connectivity index (χ4n) is 1.85. The Bertz CT molecular complexity index is 278. The molecule has 0 saturated heterocycles. The Labute approximate surface area is 71.3 Å². The number of carbonyl (C=O) groups excluding carboxylic acids is 1. The van der Waals surface area contributed by atoms with Gasteiger partial charge in [0, 0.05) is 13.1 Å². The van der Waals surface area contributed by atoms with E-state index in [0.29, 0.717) is 6.54 Å². The molecule has 3 N–H and O–H groups in total. The molecule has 0 bridgehead atoms. The van der Waals surface area contributed by atoms with E-state index in [0.717, 1.165) is 13.0 Å². The smallest absolute Gasteiger partial charge is 0.225 e. The standard InChI is InChI=1S/C9H12N2O/c10-9(12)8-5-11-4-6-2-1-3-7(6)8/h1-2,8,11H,3-5H2,(H2,10,12). The summed E-state index contributed by atoms with van der Waals surface area (Å²) in [7, 11) is 0. The summed E-state index contributed by atoms with van der Waals surface area (Å²) < 4.78 is 0. The van der Waals surface area contributed by atoms with Crippen molar-refractivity contribution in [2.24, 2.45) is 11.7 Å². The van der Waals surface area contributed by atoms with E-state index < -0.39 is 0 Å². The molecule has 1 aliphatic heterocycles. The maximum atomic E-state index is 11.0. The summed E-state index contributed by atoms with van der Waals surface area (Å²) in [6.45, 7) is 1.59. The Morgan fingerprint density at radius 2 is 2.50 bits per heavy atom. The molecule has 3 nitrogen and oxygen atoms in total. The molecule has 0 aromatic carbocycles. The average molecular weight is 164 g/mol.